The number of rotatable bonds is 5. The van der Waals surface area contributed by atoms with E-state index < -0.39 is 35.6 Å². The van der Waals surface area contributed by atoms with Crippen molar-refractivity contribution in [3.8, 4) is 17.0 Å². The molecule has 1 atom stereocenters. The Morgan fingerprint density at radius 3 is 2.66 bits per heavy atom. The van der Waals surface area contributed by atoms with E-state index in [4.69, 9.17) is 4.74 Å². The summed E-state index contributed by atoms with van der Waals surface area (Å²) in [5.41, 5.74) is 2.31. The number of H-pyrrole nitrogens is 1. The predicted molar refractivity (Wildman–Crippen MR) is 118 cm³/mol. The minimum atomic E-state index is -0.729. The maximum Gasteiger partial charge on any atom is 0.341 e. The average molecular weight is 486 g/mol. The number of aromatic nitrogens is 3. The third kappa shape index (κ3) is 4.32. The van der Waals surface area contributed by atoms with Crippen molar-refractivity contribution in [3.05, 3.63) is 64.9 Å². The number of nitrogens with one attached hydrogen (secondary N) is 1. The molecule has 3 aromatic rings. The molecule has 0 spiro atoms. The van der Waals surface area contributed by atoms with Gasteiger partial charge in [-0.2, -0.15) is 10.2 Å². The number of benzene rings is 1. The molecule has 5 rings (SSSR count). The molecule has 4 heterocycles. The SMILES string of the molecule is Cc1[nH]nc(CO)c1-c1cc(OC2CN(C(=O)N3N=CC[C@H]3c3cc(F)cc(F)c3)C2)c(F)cn1. The number of aliphatic hydroxyl groups is 1. The van der Waals surface area contributed by atoms with Crippen LogP contribution in [0.1, 0.15) is 29.4 Å². The highest BCUT2D eigenvalue weighted by molar-refractivity contribution is 5.79. The molecule has 0 unspecified atom stereocenters. The monoisotopic (exact) mass is 486 g/mol. The molecule has 2 amide bonds. The first kappa shape index (κ1) is 22.8. The van der Waals surface area contributed by atoms with Gasteiger partial charge < -0.3 is 14.7 Å². The summed E-state index contributed by atoms with van der Waals surface area (Å²) in [5.74, 6) is -2.16. The van der Waals surface area contributed by atoms with Gasteiger partial charge in [0.25, 0.3) is 0 Å². The first-order valence-electron chi connectivity index (χ1n) is 10.9. The number of hydrogen-bond donors (Lipinski definition) is 2. The third-order valence-corrected chi connectivity index (χ3v) is 5.96. The van der Waals surface area contributed by atoms with Crippen molar-refractivity contribution in [2.45, 2.75) is 32.1 Å². The zero-order valence-electron chi connectivity index (χ0n) is 18.6. The van der Waals surface area contributed by atoms with E-state index in [9.17, 15) is 23.1 Å². The van der Waals surface area contributed by atoms with Crippen LogP contribution in [0.4, 0.5) is 18.0 Å². The molecule has 9 nitrogen and oxygen atoms in total. The van der Waals surface area contributed by atoms with Crippen LogP contribution in [0.25, 0.3) is 11.3 Å². The van der Waals surface area contributed by atoms with Gasteiger partial charge in [0.1, 0.15) is 17.7 Å². The number of hydrogen-bond acceptors (Lipinski definition) is 6. The normalized spacial score (nSPS) is 17.7. The van der Waals surface area contributed by atoms with Gasteiger partial charge in [-0.3, -0.25) is 10.1 Å². The van der Waals surface area contributed by atoms with Crippen LogP contribution in [0.2, 0.25) is 0 Å². The van der Waals surface area contributed by atoms with Crippen LogP contribution in [0.5, 0.6) is 5.75 Å². The lowest BCUT2D eigenvalue weighted by Gasteiger charge is -2.41. The second-order valence-corrected chi connectivity index (χ2v) is 8.35. The standard InChI is InChI=1S/C23H21F3N6O3/c1-12-22(19(11-33)30-29-12)18-7-21(17(26)8-27-18)35-16-9-31(10-16)23(34)32-20(2-3-28-32)13-4-14(24)6-15(25)5-13/h3-8,16,20,33H,2,9-11H2,1H3,(H,29,30)/t20-/m0/s1. The number of pyridine rings is 1. The Hall–Kier alpha value is -3.93. The Kier molecular flexibility index (Phi) is 5.89. The van der Waals surface area contributed by atoms with Crippen molar-refractivity contribution >= 4 is 12.2 Å². The Morgan fingerprint density at radius 1 is 1.20 bits per heavy atom. The number of urea groups is 1. The van der Waals surface area contributed by atoms with E-state index >= 15 is 0 Å². The zero-order chi connectivity index (χ0) is 24.7. The second kappa shape index (κ2) is 9.02. The summed E-state index contributed by atoms with van der Waals surface area (Å²) in [6.07, 6.45) is 2.41. The number of likely N-dealkylation sites (tertiary alicyclic amines) is 1. The Bertz CT molecular complexity index is 1290. The Balaban J connectivity index is 1.25. The number of aliphatic hydroxyl groups excluding tert-OH is 1. The molecular formula is C23H21F3N6O3. The molecule has 1 saturated heterocycles. The second-order valence-electron chi connectivity index (χ2n) is 8.35. The van der Waals surface area contributed by atoms with E-state index in [1.807, 2.05) is 0 Å². The van der Waals surface area contributed by atoms with Crippen molar-refractivity contribution in [2.24, 2.45) is 5.10 Å². The first-order valence-corrected chi connectivity index (χ1v) is 10.9. The lowest BCUT2D eigenvalue weighted by molar-refractivity contribution is 0.0256. The molecule has 2 N–H and O–H groups in total. The fraction of sp³-hybridized carbons (Fsp3) is 0.304. The summed E-state index contributed by atoms with van der Waals surface area (Å²) in [5, 5.41) is 21.5. The average Bonchev–Trinajstić information content (AvgIpc) is 3.43. The number of carbonyl (C=O) groups is 1. The molecule has 0 aliphatic carbocycles. The molecule has 35 heavy (non-hydrogen) atoms. The number of amides is 2. The third-order valence-electron chi connectivity index (χ3n) is 5.96. The molecule has 2 aliphatic rings. The molecule has 2 aliphatic heterocycles. The quantitative estimate of drug-likeness (QED) is 0.576. The van der Waals surface area contributed by atoms with E-state index in [1.165, 1.54) is 34.3 Å². The summed E-state index contributed by atoms with van der Waals surface area (Å²) in [6.45, 7) is 1.81. The highest BCUT2D eigenvalue weighted by Crippen LogP contribution is 2.33. The summed E-state index contributed by atoms with van der Waals surface area (Å²) >= 11 is 0. The van der Waals surface area contributed by atoms with Gasteiger partial charge in [0, 0.05) is 36.0 Å². The molecular weight excluding hydrogens is 465 g/mol. The zero-order valence-corrected chi connectivity index (χ0v) is 18.6. The van der Waals surface area contributed by atoms with Gasteiger partial charge in [0.15, 0.2) is 11.6 Å². The minimum Gasteiger partial charge on any atom is -0.483 e. The number of aromatic amines is 1. The molecule has 2 aromatic heterocycles. The predicted octanol–water partition coefficient (Wildman–Crippen LogP) is 3.31. The first-order chi connectivity index (χ1) is 16.8. The highest BCUT2D eigenvalue weighted by Gasteiger charge is 2.39. The lowest BCUT2D eigenvalue weighted by atomic mass is 10.0. The van der Waals surface area contributed by atoms with Gasteiger partial charge >= 0.3 is 6.03 Å². The van der Waals surface area contributed by atoms with Crippen LogP contribution in [0.3, 0.4) is 0 Å². The fourth-order valence-electron chi connectivity index (χ4n) is 4.22. The fourth-order valence-corrected chi connectivity index (χ4v) is 4.22. The Labute approximate surface area is 197 Å². The van der Waals surface area contributed by atoms with Crippen LogP contribution in [0, 0.1) is 24.4 Å². The number of aryl methyl sites for hydroxylation is 1. The van der Waals surface area contributed by atoms with Crippen molar-refractivity contribution in [2.75, 3.05) is 13.1 Å². The molecule has 0 saturated carbocycles. The van der Waals surface area contributed by atoms with Crippen LogP contribution < -0.4 is 4.74 Å². The van der Waals surface area contributed by atoms with E-state index in [0.29, 0.717) is 34.6 Å². The molecule has 182 valence electrons. The number of carbonyl (C=O) groups excluding carboxylic acids is 1. The molecule has 1 fully saturated rings. The van der Waals surface area contributed by atoms with E-state index in [0.717, 1.165) is 12.3 Å². The van der Waals surface area contributed by atoms with Gasteiger partial charge in [0.2, 0.25) is 0 Å². The number of hydrazone groups is 1. The van der Waals surface area contributed by atoms with E-state index in [1.54, 1.807) is 6.92 Å². The lowest BCUT2D eigenvalue weighted by Crippen LogP contribution is -2.58. The number of nitrogens with zero attached hydrogens (tertiary/aromatic N) is 5. The Morgan fingerprint density at radius 2 is 1.94 bits per heavy atom. The maximum atomic E-state index is 14.4. The van der Waals surface area contributed by atoms with Crippen LogP contribution in [-0.4, -0.2) is 61.6 Å². The molecule has 12 heteroatoms. The number of ether oxygens (including phenoxy) is 1. The largest absolute Gasteiger partial charge is 0.483 e. The summed E-state index contributed by atoms with van der Waals surface area (Å²) < 4.78 is 47.5. The van der Waals surface area contributed by atoms with Crippen molar-refractivity contribution in [1.29, 1.82) is 0 Å². The van der Waals surface area contributed by atoms with Crippen LogP contribution in [-0.2, 0) is 6.61 Å². The molecule has 0 bridgehead atoms. The minimum absolute atomic E-state index is 0.0381. The van der Waals surface area contributed by atoms with Gasteiger partial charge in [0.05, 0.1) is 43.3 Å². The van der Waals surface area contributed by atoms with Gasteiger partial charge in [-0.25, -0.2) is 23.0 Å². The smallest absolute Gasteiger partial charge is 0.341 e. The van der Waals surface area contributed by atoms with Gasteiger partial charge in [-0.05, 0) is 24.6 Å². The summed E-state index contributed by atoms with van der Waals surface area (Å²) in [7, 11) is 0. The van der Waals surface area contributed by atoms with Gasteiger partial charge in [-0.1, -0.05) is 0 Å². The van der Waals surface area contributed by atoms with E-state index in [2.05, 4.69) is 20.3 Å². The van der Waals surface area contributed by atoms with Gasteiger partial charge in [-0.15, -0.1) is 0 Å². The molecule has 1 aromatic carbocycles. The summed E-state index contributed by atoms with van der Waals surface area (Å²) in [4.78, 5) is 18.5. The number of halogens is 3. The summed E-state index contributed by atoms with van der Waals surface area (Å²) in [6, 6.07) is 3.50. The molecule has 0 radical (unpaired) electrons. The van der Waals surface area contributed by atoms with Crippen molar-refractivity contribution in [3.63, 3.8) is 0 Å². The topological polar surface area (TPSA) is 107 Å². The highest BCUT2D eigenvalue weighted by atomic mass is 19.1. The van der Waals surface area contributed by atoms with Crippen LogP contribution >= 0.6 is 0 Å². The maximum absolute atomic E-state index is 14.4. The van der Waals surface area contributed by atoms with Crippen molar-refractivity contribution < 1.29 is 27.8 Å². The van der Waals surface area contributed by atoms with Crippen LogP contribution in [0.15, 0.2) is 35.6 Å². The van der Waals surface area contributed by atoms with E-state index in [-0.39, 0.29) is 25.4 Å². The van der Waals surface area contributed by atoms with Crippen molar-refractivity contribution in [1.82, 2.24) is 25.1 Å².